The standard InChI is InChI=1S/C16H16FNO4S/c1-11-8-13(6-7-14(11)17)23(19,20)18-9-12-10-21-15-4-2-3-5-16(15)22-12/h2-8,12,18H,9-10H2,1H3. The van der Waals surface area contributed by atoms with Gasteiger partial charge in [0.15, 0.2) is 11.5 Å². The van der Waals surface area contributed by atoms with Gasteiger partial charge in [0, 0.05) is 0 Å². The second kappa shape index (κ2) is 6.17. The quantitative estimate of drug-likeness (QED) is 0.929. The summed E-state index contributed by atoms with van der Waals surface area (Å²) in [4.78, 5) is 0.0218. The van der Waals surface area contributed by atoms with E-state index in [2.05, 4.69) is 4.72 Å². The van der Waals surface area contributed by atoms with Crippen LogP contribution >= 0.6 is 0 Å². The highest BCUT2D eigenvalue weighted by molar-refractivity contribution is 7.89. The van der Waals surface area contributed by atoms with E-state index >= 15 is 0 Å². The van der Waals surface area contributed by atoms with E-state index in [0.29, 0.717) is 11.5 Å². The van der Waals surface area contributed by atoms with E-state index < -0.39 is 21.9 Å². The fraction of sp³-hybridized carbons (Fsp3) is 0.250. The van der Waals surface area contributed by atoms with E-state index in [1.54, 1.807) is 12.1 Å². The second-order valence-corrected chi connectivity index (χ2v) is 7.03. The van der Waals surface area contributed by atoms with Crippen LogP contribution in [0.2, 0.25) is 0 Å². The first kappa shape index (κ1) is 15.8. The van der Waals surface area contributed by atoms with E-state index in [0.717, 1.165) is 6.07 Å². The number of aryl methyl sites for hydroxylation is 1. The van der Waals surface area contributed by atoms with Crippen molar-refractivity contribution in [2.75, 3.05) is 13.2 Å². The summed E-state index contributed by atoms with van der Waals surface area (Å²) in [6.45, 7) is 1.83. The molecule has 122 valence electrons. The minimum absolute atomic E-state index is 0.0218. The first-order valence-electron chi connectivity index (χ1n) is 7.10. The molecule has 1 aliphatic heterocycles. The maximum Gasteiger partial charge on any atom is 0.240 e. The van der Waals surface area contributed by atoms with Gasteiger partial charge in [0.25, 0.3) is 0 Å². The first-order valence-corrected chi connectivity index (χ1v) is 8.58. The summed E-state index contributed by atoms with van der Waals surface area (Å²) in [6, 6.07) is 10.9. The van der Waals surface area contributed by atoms with Gasteiger partial charge in [0.2, 0.25) is 10.0 Å². The van der Waals surface area contributed by atoms with Crippen molar-refractivity contribution < 1.29 is 22.3 Å². The van der Waals surface area contributed by atoms with Crippen molar-refractivity contribution in [2.24, 2.45) is 0 Å². The Labute approximate surface area is 134 Å². The zero-order valence-corrected chi connectivity index (χ0v) is 13.3. The van der Waals surface area contributed by atoms with Crippen molar-refractivity contribution in [3.05, 3.63) is 53.8 Å². The summed E-state index contributed by atoms with van der Waals surface area (Å²) in [5.74, 6) is 0.783. The van der Waals surface area contributed by atoms with Crippen LogP contribution in [0.5, 0.6) is 11.5 Å². The summed E-state index contributed by atoms with van der Waals surface area (Å²) in [6.07, 6.45) is -0.429. The zero-order valence-electron chi connectivity index (χ0n) is 12.5. The zero-order chi connectivity index (χ0) is 16.4. The molecule has 0 aromatic heterocycles. The molecule has 0 amide bonds. The Hall–Kier alpha value is -2.12. The van der Waals surface area contributed by atoms with Crippen molar-refractivity contribution in [3.8, 4) is 11.5 Å². The van der Waals surface area contributed by atoms with Crippen LogP contribution in [-0.4, -0.2) is 27.7 Å². The molecule has 0 spiro atoms. The van der Waals surface area contributed by atoms with Gasteiger partial charge in [-0.05, 0) is 42.8 Å². The van der Waals surface area contributed by atoms with Crippen molar-refractivity contribution in [1.29, 1.82) is 0 Å². The molecule has 5 nitrogen and oxygen atoms in total. The van der Waals surface area contributed by atoms with Crippen LogP contribution in [0.25, 0.3) is 0 Å². The number of para-hydroxylation sites is 2. The largest absolute Gasteiger partial charge is 0.486 e. The van der Waals surface area contributed by atoms with Crippen LogP contribution in [0, 0.1) is 12.7 Å². The number of rotatable bonds is 4. The van der Waals surface area contributed by atoms with E-state index in [-0.39, 0.29) is 23.6 Å². The Kier molecular flexibility index (Phi) is 4.23. The molecule has 0 bridgehead atoms. The predicted molar refractivity (Wildman–Crippen MR) is 82.7 cm³/mol. The van der Waals surface area contributed by atoms with Crippen molar-refractivity contribution in [3.63, 3.8) is 0 Å². The molecule has 1 N–H and O–H groups in total. The molecule has 1 unspecified atom stereocenters. The molecule has 0 aliphatic carbocycles. The summed E-state index contributed by atoms with van der Waals surface area (Å²) in [5.41, 5.74) is 0.277. The molecule has 0 fully saturated rings. The number of halogens is 1. The maximum absolute atomic E-state index is 13.3. The van der Waals surface area contributed by atoms with Gasteiger partial charge in [-0.3, -0.25) is 0 Å². The van der Waals surface area contributed by atoms with Gasteiger partial charge in [0.05, 0.1) is 11.4 Å². The normalized spacial score (nSPS) is 17.0. The summed E-state index contributed by atoms with van der Waals surface area (Å²) >= 11 is 0. The van der Waals surface area contributed by atoms with Crippen LogP contribution in [0.15, 0.2) is 47.4 Å². The Balaban J connectivity index is 1.67. The van der Waals surface area contributed by atoms with Crippen LogP contribution in [-0.2, 0) is 10.0 Å². The fourth-order valence-corrected chi connectivity index (χ4v) is 3.39. The molecule has 23 heavy (non-hydrogen) atoms. The van der Waals surface area contributed by atoms with E-state index in [1.165, 1.54) is 19.1 Å². The fourth-order valence-electron chi connectivity index (χ4n) is 2.23. The number of sulfonamides is 1. The number of fused-ring (bicyclic) bond motifs is 1. The Morgan fingerprint density at radius 2 is 1.96 bits per heavy atom. The third-order valence-corrected chi connectivity index (χ3v) is 4.93. The predicted octanol–water partition coefficient (Wildman–Crippen LogP) is 2.25. The molecule has 1 heterocycles. The van der Waals surface area contributed by atoms with Gasteiger partial charge in [-0.25, -0.2) is 17.5 Å². The molecule has 3 rings (SSSR count). The molecule has 7 heteroatoms. The first-order chi connectivity index (χ1) is 11.0. The lowest BCUT2D eigenvalue weighted by molar-refractivity contribution is 0.0943. The monoisotopic (exact) mass is 337 g/mol. The molecule has 0 saturated carbocycles. The van der Waals surface area contributed by atoms with Gasteiger partial charge in [-0.15, -0.1) is 0 Å². The van der Waals surface area contributed by atoms with E-state index in [1.807, 2.05) is 12.1 Å². The Morgan fingerprint density at radius 1 is 1.22 bits per heavy atom. The number of hydrogen-bond acceptors (Lipinski definition) is 4. The molecule has 1 atom stereocenters. The summed E-state index contributed by atoms with van der Waals surface area (Å²) < 4.78 is 51.5. The third kappa shape index (κ3) is 3.46. The lowest BCUT2D eigenvalue weighted by Gasteiger charge is -2.26. The lowest BCUT2D eigenvalue weighted by Crippen LogP contribution is -2.40. The van der Waals surface area contributed by atoms with Gasteiger partial charge in [0.1, 0.15) is 18.5 Å². The minimum Gasteiger partial charge on any atom is -0.486 e. The molecular formula is C16H16FNO4S. The minimum atomic E-state index is -3.73. The second-order valence-electron chi connectivity index (χ2n) is 5.26. The van der Waals surface area contributed by atoms with Gasteiger partial charge < -0.3 is 9.47 Å². The Morgan fingerprint density at radius 3 is 2.70 bits per heavy atom. The van der Waals surface area contributed by atoms with Crippen LogP contribution in [0.3, 0.4) is 0 Å². The average molecular weight is 337 g/mol. The highest BCUT2D eigenvalue weighted by Gasteiger charge is 2.23. The molecular weight excluding hydrogens is 321 g/mol. The Bertz CT molecular complexity index is 823. The third-order valence-electron chi connectivity index (χ3n) is 3.51. The average Bonchev–Trinajstić information content (AvgIpc) is 2.55. The number of hydrogen-bond donors (Lipinski definition) is 1. The lowest BCUT2D eigenvalue weighted by atomic mass is 10.2. The number of ether oxygens (including phenoxy) is 2. The smallest absolute Gasteiger partial charge is 0.240 e. The number of benzene rings is 2. The number of nitrogens with one attached hydrogen (secondary N) is 1. The van der Waals surface area contributed by atoms with Gasteiger partial charge in [-0.2, -0.15) is 0 Å². The van der Waals surface area contributed by atoms with Gasteiger partial charge >= 0.3 is 0 Å². The summed E-state index contributed by atoms with van der Waals surface area (Å²) in [7, 11) is -3.73. The topological polar surface area (TPSA) is 64.6 Å². The van der Waals surface area contributed by atoms with E-state index in [9.17, 15) is 12.8 Å². The molecule has 2 aromatic rings. The van der Waals surface area contributed by atoms with Crippen molar-refractivity contribution >= 4 is 10.0 Å². The highest BCUT2D eigenvalue weighted by Crippen LogP contribution is 2.30. The van der Waals surface area contributed by atoms with Crippen LogP contribution in [0.1, 0.15) is 5.56 Å². The van der Waals surface area contributed by atoms with Crippen molar-refractivity contribution in [1.82, 2.24) is 4.72 Å². The molecule has 1 aliphatic rings. The SMILES string of the molecule is Cc1cc(S(=O)(=O)NCC2COc3ccccc3O2)ccc1F. The molecule has 0 radical (unpaired) electrons. The van der Waals surface area contributed by atoms with Crippen LogP contribution < -0.4 is 14.2 Å². The summed E-state index contributed by atoms with van der Waals surface area (Å²) in [5, 5.41) is 0. The van der Waals surface area contributed by atoms with Gasteiger partial charge in [-0.1, -0.05) is 12.1 Å². The van der Waals surface area contributed by atoms with Crippen molar-refractivity contribution in [2.45, 2.75) is 17.9 Å². The van der Waals surface area contributed by atoms with Crippen LogP contribution in [0.4, 0.5) is 4.39 Å². The maximum atomic E-state index is 13.3. The molecule has 2 aromatic carbocycles. The molecule has 0 saturated heterocycles. The highest BCUT2D eigenvalue weighted by atomic mass is 32.2. The van der Waals surface area contributed by atoms with E-state index in [4.69, 9.17) is 9.47 Å².